The molecule has 0 bridgehead atoms. The lowest BCUT2D eigenvalue weighted by atomic mass is 10.3. The van der Waals surface area contributed by atoms with Crippen molar-refractivity contribution in [3.8, 4) is 0 Å². The lowest BCUT2D eigenvalue weighted by Crippen LogP contribution is -2.54. The van der Waals surface area contributed by atoms with E-state index in [9.17, 15) is 0 Å². The Morgan fingerprint density at radius 1 is 1.50 bits per heavy atom. The third-order valence-electron chi connectivity index (χ3n) is 2.21. The van der Waals surface area contributed by atoms with E-state index in [0.29, 0.717) is 6.29 Å². The normalized spacial score (nSPS) is 25.4. The standard InChI is InChI=1S/C9H19N3/c1-5-12-8-6-7-11(4)9(12)10(2)3/h6,8-9H,5,7H2,1-4H3. The molecule has 0 saturated heterocycles. The van der Waals surface area contributed by atoms with E-state index in [-0.39, 0.29) is 0 Å². The van der Waals surface area contributed by atoms with Crippen LogP contribution in [0.1, 0.15) is 6.92 Å². The van der Waals surface area contributed by atoms with Crippen LogP contribution >= 0.6 is 0 Å². The summed E-state index contributed by atoms with van der Waals surface area (Å²) in [6, 6.07) is 0. The lowest BCUT2D eigenvalue weighted by Gasteiger charge is -2.42. The summed E-state index contributed by atoms with van der Waals surface area (Å²) >= 11 is 0. The highest BCUT2D eigenvalue weighted by Crippen LogP contribution is 2.11. The second-order valence-corrected chi connectivity index (χ2v) is 3.46. The Morgan fingerprint density at radius 2 is 2.17 bits per heavy atom. The van der Waals surface area contributed by atoms with Crippen LogP contribution < -0.4 is 0 Å². The van der Waals surface area contributed by atoms with E-state index in [2.05, 4.69) is 55.0 Å². The fourth-order valence-corrected chi connectivity index (χ4v) is 1.73. The molecule has 0 saturated carbocycles. The van der Waals surface area contributed by atoms with Gasteiger partial charge in [-0.15, -0.1) is 0 Å². The molecule has 0 fully saturated rings. The van der Waals surface area contributed by atoms with Crippen molar-refractivity contribution >= 4 is 0 Å². The van der Waals surface area contributed by atoms with E-state index in [0.717, 1.165) is 13.1 Å². The van der Waals surface area contributed by atoms with Gasteiger partial charge in [-0.2, -0.15) is 0 Å². The van der Waals surface area contributed by atoms with Crippen molar-refractivity contribution in [1.82, 2.24) is 14.7 Å². The molecular weight excluding hydrogens is 150 g/mol. The maximum Gasteiger partial charge on any atom is 0.139 e. The third kappa shape index (κ3) is 1.79. The van der Waals surface area contributed by atoms with Crippen LogP contribution in [0, 0.1) is 0 Å². The molecule has 1 heterocycles. The molecular formula is C9H19N3. The van der Waals surface area contributed by atoms with Crippen molar-refractivity contribution in [3.05, 3.63) is 12.3 Å². The minimum Gasteiger partial charge on any atom is -0.350 e. The summed E-state index contributed by atoms with van der Waals surface area (Å²) in [6.45, 7) is 4.28. The molecule has 3 nitrogen and oxygen atoms in total. The number of hydrogen-bond donors (Lipinski definition) is 0. The van der Waals surface area contributed by atoms with Gasteiger partial charge in [0.05, 0.1) is 0 Å². The Bertz CT molecular complexity index is 165. The van der Waals surface area contributed by atoms with Gasteiger partial charge in [-0.05, 0) is 34.3 Å². The van der Waals surface area contributed by atoms with Crippen LogP contribution in [0.3, 0.4) is 0 Å². The van der Waals surface area contributed by atoms with Gasteiger partial charge in [0.2, 0.25) is 0 Å². The third-order valence-corrected chi connectivity index (χ3v) is 2.21. The highest BCUT2D eigenvalue weighted by Gasteiger charge is 2.22. The quantitative estimate of drug-likeness (QED) is 0.600. The number of rotatable bonds is 2. The van der Waals surface area contributed by atoms with Crippen molar-refractivity contribution in [3.63, 3.8) is 0 Å². The predicted molar refractivity (Wildman–Crippen MR) is 51.6 cm³/mol. The maximum absolute atomic E-state index is 2.32. The van der Waals surface area contributed by atoms with E-state index in [1.807, 2.05) is 0 Å². The van der Waals surface area contributed by atoms with Gasteiger partial charge in [-0.25, -0.2) is 0 Å². The topological polar surface area (TPSA) is 9.72 Å². The van der Waals surface area contributed by atoms with Crippen molar-refractivity contribution in [1.29, 1.82) is 0 Å². The first-order valence-corrected chi connectivity index (χ1v) is 4.46. The van der Waals surface area contributed by atoms with Crippen molar-refractivity contribution in [2.75, 3.05) is 34.2 Å². The zero-order chi connectivity index (χ0) is 9.14. The van der Waals surface area contributed by atoms with Crippen molar-refractivity contribution < 1.29 is 0 Å². The molecule has 1 atom stereocenters. The summed E-state index contributed by atoms with van der Waals surface area (Å²) < 4.78 is 0. The second-order valence-electron chi connectivity index (χ2n) is 3.46. The van der Waals surface area contributed by atoms with Crippen LogP contribution in [0.5, 0.6) is 0 Å². The molecule has 1 unspecified atom stereocenters. The molecule has 0 aromatic heterocycles. The Morgan fingerprint density at radius 3 is 2.58 bits per heavy atom. The van der Waals surface area contributed by atoms with Crippen LogP contribution in [-0.4, -0.2) is 55.2 Å². The Labute approximate surface area is 75.2 Å². The highest BCUT2D eigenvalue weighted by atomic mass is 15.5. The molecule has 0 aromatic carbocycles. The Kier molecular flexibility index (Phi) is 3.12. The first kappa shape index (κ1) is 9.55. The first-order chi connectivity index (χ1) is 5.66. The molecule has 0 aliphatic carbocycles. The summed E-state index contributed by atoms with van der Waals surface area (Å²) in [5.41, 5.74) is 0. The SMILES string of the molecule is CCN1C=CCN(C)C1N(C)C. The van der Waals surface area contributed by atoms with Gasteiger partial charge in [-0.1, -0.05) is 6.08 Å². The average molecular weight is 169 g/mol. The van der Waals surface area contributed by atoms with Crippen LogP contribution in [0.25, 0.3) is 0 Å². The number of nitrogens with zero attached hydrogens (tertiary/aromatic N) is 3. The molecule has 12 heavy (non-hydrogen) atoms. The van der Waals surface area contributed by atoms with Crippen LogP contribution in [0.2, 0.25) is 0 Å². The monoisotopic (exact) mass is 169 g/mol. The molecule has 70 valence electrons. The van der Waals surface area contributed by atoms with Gasteiger partial charge in [-0.3, -0.25) is 9.80 Å². The van der Waals surface area contributed by atoms with E-state index in [1.165, 1.54) is 0 Å². The number of hydrogen-bond acceptors (Lipinski definition) is 3. The predicted octanol–water partition coefficient (Wildman–Crippen LogP) is 0.613. The molecule has 1 aliphatic heterocycles. The van der Waals surface area contributed by atoms with Crippen molar-refractivity contribution in [2.45, 2.75) is 13.2 Å². The minimum absolute atomic E-state index is 0.417. The zero-order valence-electron chi connectivity index (χ0n) is 8.49. The summed E-state index contributed by atoms with van der Waals surface area (Å²) in [5.74, 6) is 0. The molecule has 1 aliphatic rings. The van der Waals surface area contributed by atoms with E-state index in [1.54, 1.807) is 0 Å². The molecule has 0 spiro atoms. The second kappa shape index (κ2) is 3.92. The van der Waals surface area contributed by atoms with Crippen LogP contribution in [-0.2, 0) is 0 Å². The summed E-state index contributed by atoms with van der Waals surface area (Å²) in [4.78, 5) is 6.88. The van der Waals surface area contributed by atoms with Gasteiger partial charge in [0, 0.05) is 13.1 Å². The van der Waals surface area contributed by atoms with Gasteiger partial charge in [0.25, 0.3) is 0 Å². The minimum atomic E-state index is 0.417. The largest absolute Gasteiger partial charge is 0.350 e. The van der Waals surface area contributed by atoms with E-state index < -0.39 is 0 Å². The summed E-state index contributed by atoms with van der Waals surface area (Å²) in [5, 5.41) is 0. The molecule has 0 amide bonds. The van der Waals surface area contributed by atoms with Gasteiger partial charge in [0.1, 0.15) is 6.29 Å². The summed E-state index contributed by atoms with van der Waals surface area (Å²) in [7, 11) is 6.38. The summed E-state index contributed by atoms with van der Waals surface area (Å²) in [6.07, 6.45) is 4.80. The van der Waals surface area contributed by atoms with E-state index in [4.69, 9.17) is 0 Å². The average Bonchev–Trinajstić information content (AvgIpc) is 2.03. The molecule has 3 heteroatoms. The fourth-order valence-electron chi connectivity index (χ4n) is 1.73. The van der Waals surface area contributed by atoms with Crippen LogP contribution in [0.4, 0.5) is 0 Å². The zero-order valence-corrected chi connectivity index (χ0v) is 8.49. The molecule has 0 aromatic rings. The highest BCUT2D eigenvalue weighted by molar-refractivity contribution is 4.92. The van der Waals surface area contributed by atoms with Gasteiger partial charge in [0.15, 0.2) is 0 Å². The molecule has 0 N–H and O–H groups in total. The number of likely N-dealkylation sites (N-methyl/N-ethyl adjacent to an activating group) is 1. The van der Waals surface area contributed by atoms with Gasteiger partial charge >= 0.3 is 0 Å². The molecule has 1 rings (SSSR count). The smallest absolute Gasteiger partial charge is 0.139 e. The Balaban J connectivity index is 2.70. The lowest BCUT2D eigenvalue weighted by molar-refractivity contribution is -0.00833. The van der Waals surface area contributed by atoms with Crippen molar-refractivity contribution in [2.24, 2.45) is 0 Å². The van der Waals surface area contributed by atoms with Crippen LogP contribution in [0.15, 0.2) is 12.3 Å². The Hall–Kier alpha value is -0.540. The first-order valence-electron chi connectivity index (χ1n) is 4.46. The van der Waals surface area contributed by atoms with E-state index >= 15 is 0 Å². The fraction of sp³-hybridized carbons (Fsp3) is 0.778. The van der Waals surface area contributed by atoms with Gasteiger partial charge < -0.3 is 4.90 Å². The maximum atomic E-state index is 2.32. The molecule has 0 radical (unpaired) electrons.